The van der Waals surface area contributed by atoms with Crippen molar-refractivity contribution in [1.82, 2.24) is 5.32 Å². The maximum absolute atomic E-state index is 10.3. The van der Waals surface area contributed by atoms with Crippen LogP contribution in [0, 0.1) is 5.92 Å². The lowest BCUT2D eigenvalue weighted by molar-refractivity contribution is 0.160. The van der Waals surface area contributed by atoms with Crippen molar-refractivity contribution < 1.29 is 9.53 Å². The van der Waals surface area contributed by atoms with E-state index in [1.54, 1.807) is 11.8 Å². The molecule has 3 N–H and O–H groups in total. The monoisotopic (exact) mass is 231 g/mol. The fraction of sp³-hybridized carbons (Fsp3) is 0.778. The number of carbonyl (C=O) groups excluding carboxylic acids is 1. The summed E-state index contributed by atoms with van der Waals surface area (Å²) in [5, 5.41) is 4.25. The number of hydrogen-bond acceptors (Lipinski definition) is 4. The molecule has 5 nitrogen and oxygen atoms in total. The van der Waals surface area contributed by atoms with Crippen LogP contribution in [0.2, 0.25) is 0 Å². The Morgan fingerprint density at radius 2 is 2.53 bits per heavy atom. The number of amidine groups is 1. The molecule has 0 unspecified atom stereocenters. The molecule has 1 saturated heterocycles. The van der Waals surface area contributed by atoms with Gasteiger partial charge in [0.05, 0.1) is 6.54 Å². The number of thioether (sulfide) groups is 1. The summed E-state index contributed by atoms with van der Waals surface area (Å²) in [6, 6.07) is 0.491. The Hall–Kier alpha value is -0.910. The predicted molar refractivity (Wildman–Crippen MR) is 62.1 cm³/mol. The molecular formula is C9H17N3O2S. The van der Waals surface area contributed by atoms with Gasteiger partial charge in [0.15, 0.2) is 5.17 Å². The first-order chi connectivity index (χ1) is 7.09. The molecule has 1 fully saturated rings. The van der Waals surface area contributed by atoms with Crippen molar-refractivity contribution in [2.75, 3.05) is 18.9 Å². The van der Waals surface area contributed by atoms with Crippen molar-refractivity contribution in [3.05, 3.63) is 0 Å². The lowest BCUT2D eigenvalue weighted by Gasteiger charge is -2.12. The first-order valence-electron chi connectivity index (χ1n) is 4.95. The third-order valence-electron chi connectivity index (χ3n) is 2.10. The van der Waals surface area contributed by atoms with Gasteiger partial charge in [0.2, 0.25) is 0 Å². The average molecular weight is 231 g/mol. The third kappa shape index (κ3) is 4.42. The number of amides is 1. The Morgan fingerprint density at radius 3 is 3.07 bits per heavy atom. The molecule has 0 radical (unpaired) electrons. The summed E-state index contributed by atoms with van der Waals surface area (Å²) in [6.07, 6.45) is -0.748. The molecule has 1 rings (SSSR count). The summed E-state index contributed by atoms with van der Waals surface area (Å²) in [5.74, 6) is 1.65. The topological polar surface area (TPSA) is 76.7 Å². The zero-order valence-electron chi connectivity index (χ0n) is 9.03. The molecule has 0 aliphatic carbocycles. The van der Waals surface area contributed by atoms with Crippen LogP contribution in [0.5, 0.6) is 0 Å². The third-order valence-corrected chi connectivity index (χ3v) is 3.15. The molecule has 1 atom stereocenters. The van der Waals surface area contributed by atoms with Crippen molar-refractivity contribution in [3.63, 3.8) is 0 Å². The van der Waals surface area contributed by atoms with Gasteiger partial charge in [-0.3, -0.25) is 4.99 Å². The number of aliphatic imine (C=N–C) groups is 1. The van der Waals surface area contributed by atoms with Crippen LogP contribution >= 0.6 is 11.8 Å². The van der Waals surface area contributed by atoms with E-state index in [1.165, 1.54) is 0 Å². The van der Waals surface area contributed by atoms with Crippen LogP contribution < -0.4 is 11.1 Å². The highest BCUT2D eigenvalue weighted by molar-refractivity contribution is 8.14. The van der Waals surface area contributed by atoms with Gasteiger partial charge in [0.25, 0.3) is 0 Å². The molecule has 0 aromatic heterocycles. The maximum atomic E-state index is 10.3. The van der Waals surface area contributed by atoms with Crippen molar-refractivity contribution in [2.45, 2.75) is 19.9 Å². The molecule has 1 aliphatic rings. The largest absolute Gasteiger partial charge is 0.448 e. The fourth-order valence-corrected chi connectivity index (χ4v) is 2.38. The van der Waals surface area contributed by atoms with Crippen LogP contribution in [0.1, 0.15) is 13.8 Å². The van der Waals surface area contributed by atoms with Crippen LogP contribution in [-0.2, 0) is 4.74 Å². The van der Waals surface area contributed by atoms with E-state index in [-0.39, 0.29) is 6.61 Å². The van der Waals surface area contributed by atoms with E-state index in [4.69, 9.17) is 5.73 Å². The Kier molecular flexibility index (Phi) is 4.74. The SMILES string of the molecule is CC(C)[C@H]1CSC(=NCCOC(N)=O)N1. The molecule has 15 heavy (non-hydrogen) atoms. The summed E-state index contributed by atoms with van der Waals surface area (Å²) in [4.78, 5) is 14.5. The Balaban J connectivity index is 2.22. The molecule has 86 valence electrons. The smallest absolute Gasteiger partial charge is 0.404 e. The molecule has 1 amide bonds. The average Bonchev–Trinajstić information content (AvgIpc) is 2.60. The molecule has 0 aromatic rings. The van der Waals surface area contributed by atoms with E-state index in [1.807, 2.05) is 0 Å². The van der Waals surface area contributed by atoms with Crippen molar-refractivity contribution >= 4 is 23.0 Å². The van der Waals surface area contributed by atoms with Gasteiger partial charge in [-0.1, -0.05) is 25.6 Å². The Bertz CT molecular complexity index is 256. The molecule has 0 saturated carbocycles. The molecule has 0 aromatic carbocycles. The Morgan fingerprint density at radius 1 is 1.80 bits per heavy atom. The summed E-state index contributed by atoms with van der Waals surface area (Å²) >= 11 is 1.70. The molecule has 1 aliphatic heterocycles. The minimum absolute atomic E-state index is 0.243. The maximum Gasteiger partial charge on any atom is 0.404 e. The second-order valence-corrected chi connectivity index (χ2v) is 4.67. The normalized spacial score (nSPS) is 23.1. The molecule has 1 heterocycles. The van der Waals surface area contributed by atoms with Gasteiger partial charge in [-0.2, -0.15) is 0 Å². The van der Waals surface area contributed by atoms with Gasteiger partial charge in [0, 0.05) is 11.8 Å². The number of primary amides is 1. The molecular weight excluding hydrogens is 214 g/mol. The van der Waals surface area contributed by atoms with Crippen LogP contribution in [0.3, 0.4) is 0 Å². The number of carbonyl (C=O) groups is 1. The Labute approximate surface area is 93.8 Å². The highest BCUT2D eigenvalue weighted by Gasteiger charge is 2.22. The number of nitrogens with two attached hydrogens (primary N) is 1. The summed E-state index contributed by atoms with van der Waals surface area (Å²) in [5.41, 5.74) is 4.82. The van der Waals surface area contributed by atoms with Gasteiger partial charge in [-0.25, -0.2) is 4.79 Å². The van der Waals surface area contributed by atoms with E-state index in [2.05, 4.69) is 28.9 Å². The van der Waals surface area contributed by atoms with E-state index >= 15 is 0 Å². The van der Waals surface area contributed by atoms with Crippen LogP contribution in [0.15, 0.2) is 4.99 Å². The van der Waals surface area contributed by atoms with E-state index < -0.39 is 6.09 Å². The lowest BCUT2D eigenvalue weighted by atomic mass is 10.1. The van der Waals surface area contributed by atoms with Crippen LogP contribution in [0.25, 0.3) is 0 Å². The minimum atomic E-state index is -0.748. The van der Waals surface area contributed by atoms with Crippen LogP contribution in [-0.4, -0.2) is 36.2 Å². The minimum Gasteiger partial charge on any atom is -0.448 e. The number of nitrogens with one attached hydrogen (secondary N) is 1. The standard InChI is InChI=1S/C9H17N3O2S/c1-6(2)7-5-15-9(12-7)11-3-4-14-8(10)13/h6-7H,3-5H2,1-2H3,(H2,10,13)(H,11,12)/t7-/m1/s1. The molecule has 0 bridgehead atoms. The molecule has 6 heteroatoms. The fourth-order valence-electron chi connectivity index (χ4n) is 1.15. The number of rotatable bonds is 4. The lowest BCUT2D eigenvalue weighted by Crippen LogP contribution is -2.31. The van der Waals surface area contributed by atoms with Gasteiger partial charge >= 0.3 is 6.09 Å². The van der Waals surface area contributed by atoms with Gasteiger partial charge in [-0.15, -0.1) is 0 Å². The van der Waals surface area contributed by atoms with Gasteiger partial charge in [-0.05, 0) is 5.92 Å². The number of nitrogens with zero attached hydrogens (tertiary/aromatic N) is 1. The van der Waals surface area contributed by atoms with E-state index in [9.17, 15) is 4.79 Å². The highest BCUT2D eigenvalue weighted by Crippen LogP contribution is 2.18. The summed E-state index contributed by atoms with van der Waals surface area (Å²) in [6.45, 7) is 5.06. The van der Waals surface area contributed by atoms with E-state index in [0.717, 1.165) is 10.9 Å². The van der Waals surface area contributed by atoms with Gasteiger partial charge < -0.3 is 15.8 Å². The van der Waals surface area contributed by atoms with Gasteiger partial charge in [0.1, 0.15) is 6.61 Å². The zero-order valence-corrected chi connectivity index (χ0v) is 9.84. The second kappa shape index (κ2) is 5.85. The summed E-state index contributed by atoms with van der Waals surface area (Å²) < 4.78 is 4.57. The number of hydrogen-bond donors (Lipinski definition) is 2. The van der Waals surface area contributed by atoms with Crippen molar-refractivity contribution in [3.8, 4) is 0 Å². The van der Waals surface area contributed by atoms with Crippen molar-refractivity contribution in [1.29, 1.82) is 0 Å². The quantitative estimate of drug-likeness (QED) is 0.702. The van der Waals surface area contributed by atoms with E-state index in [0.29, 0.717) is 18.5 Å². The predicted octanol–water partition coefficient (Wildman–Crippen LogP) is 0.799. The van der Waals surface area contributed by atoms with Crippen molar-refractivity contribution in [2.24, 2.45) is 16.6 Å². The zero-order chi connectivity index (χ0) is 11.3. The molecule has 0 spiro atoms. The summed E-state index contributed by atoms with van der Waals surface area (Å²) in [7, 11) is 0. The number of ether oxygens (including phenoxy) is 1. The van der Waals surface area contributed by atoms with Crippen LogP contribution in [0.4, 0.5) is 4.79 Å². The first-order valence-corrected chi connectivity index (χ1v) is 5.94. The highest BCUT2D eigenvalue weighted by atomic mass is 32.2. The second-order valence-electron chi connectivity index (χ2n) is 3.66. The first kappa shape index (κ1) is 12.2.